The quantitative estimate of drug-likeness (QED) is 0.298. The Balaban J connectivity index is 1.68. The molecule has 5 aromatic carbocycles. The van der Waals surface area contributed by atoms with Crippen LogP contribution in [0, 0.1) is 0 Å². The molecule has 0 fully saturated rings. The van der Waals surface area contributed by atoms with Gasteiger partial charge in [-0.2, -0.15) is 0 Å². The number of hydrogen-bond acceptors (Lipinski definition) is 0. The summed E-state index contributed by atoms with van der Waals surface area (Å²) in [6.07, 6.45) is 0. The zero-order valence-electron chi connectivity index (χ0n) is 16.2. The second-order valence-electron chi connectivity index (χ2n) is 7.65. The Bertz CT molecular complexity index is 1540. The maximum Gasteiger partial charge on any atom is 0.0471 e. The van der Waals surface area contributed by atoms with Gasteiger partial charge < -0.3 is 4.98 Å². The summed E-state index contributed by atoms with van der Waals surface area (Å²) in [5, 5.41) is 5.78. The Labute approximate surface area is 179 Å². The van der Waals surface area contributed by atoms with Crippen molar-refractivity contribution in [1.82, 2.24) is 4.98 Å². The summed E-state index contributed by atoms with van der Waals surface area (Å²) in [6.45, 7) is 0. The molecule has 6 aromatic rings. The number of benzene rings is 5. The zero-order chi connectivity index (χ0) is 20.1. The number of hydrogen-bond donors (Lipinski definition) is 1. The number of aromatic nitrogens is 1. The largest absolute Gasteiger partial charge is 0.354 e. The second-order valence-corrected chi connectivity index (χ2v) is 8.09. The molecule has 0 saturated heterocycles. The number of rotatable bonds is 2. The topological polar surface area (TPSA) is 15.8 Å². The Morgan fingerprint density at radius 2 is 1.20 bits per heavy atom. The predicted octanol–water partition coefficient (Wildman–Crippen LogP) is 8.46. The Morgan fingerprint density at radius 1 is 0.533 bits per heavy atom. The molecular formula is C28H18ClN. The molecule has 142 valence electrons. The zero-order valence-corrected chi connectivity index (χ0v) is 16.9. The molecule has 1 nitrogen and oxygen atoms in total. The average molecular weight is 404 g/mol. The highest BCUT2D eigenvalue weighted by Crippen LogP contribution is 2.40. The molecule has 30 heavy (non-hydrogen) atoms. The molecule has 0 aliphatic rings. The second kappa shape index (κ2) is 6.76. The van der Waals surface area contributed by atoms with Gasteiger partial charge in [0.2, 0.25) is 0 Å². The SMILES string of the molecule is Clc1ccc(-c2ccccc2-c2cccc3[nH]c4cc5ccccc5cc4c23)cc1. The van der Waals surface area contributed by atoms with Crippen LogP contribution in [0.15, 0.2) is 103 Å². The molecule has 1 aromatic heterocycles. The smallest absolute Gasteiger partial charge is 0.0471 e. The molecule has 1 N–H and O–H groups in total. The van der Waals surface area contributed by atoms with Crippen molar-refractivity contribution >= 4 is 44.2 Å². The van der Waals surface area contributed by atoms with Crippen molar-refractivity contribution in [1.29, 1.82) is 0 Å². The lowest BCUT2D eigenvalue weighted by Crippen LogP contribution is -1.86. The lowest BCUT2D eigenvalue weighted by molar-refractivity contribution is 1.55. The van der Waals surface area contributed by atoms with E-state index in [1.165, 1.54) is 43.8 Å². The summed E-state index contributed by atoms with van der Waals surface area (Å²) in [5.41, 5.74) is 7.15. The van der Waals surface area contributed by atoms with E-state index in [1.807, 2.05) is 12.1 Å². The highest BCUT2D eigenvalue weighted by atomic mass is 35.5. The summed E-state index contributed by atoms with van der Waals surface area (Å²) < 4.78 is 0. The minimum Gasteiger partial charge on any atom is -0.354 e. The number of H-pyrrole nitrogens is 1. The lowest BCUT2D eigenvalue weighted by Gasteiger charge is -2.12. The van der Waals surface area contributed by atoms with E-state index < -0.39 is 0 Å². The number of nitrogens with one attached hydrogen (secondary N) is 1. The molecular weight excluding hydrogens is 386 g/mol. The summed E-state index contributed by atoms with van der Waals surface area (Å²) in [5.74, 6) is 0. The Hall–Kier alpha value is -3.55. The van der Waals surface area contributed by atoms with Crippen molar-refractivity contribution in [3.63, 3.8) is 0 Å². The number of halogens is 1. The monoisotopic (exact) mass is 403 g/mol. The van der Waals surface area contributed by atoms with Crippen molar-refractivity contribution in [3.05, 3.63) is 108 Å². The van der Waals surface area contributed by atoms with E-state index in [0.717, 1.165) is 16.1 Å². The van der Waals surface area contributed by atoms with E-state index >= 15 is 0 Å². The van der Waals surface area contributed by atoms with Crippen LogP contribution in [0.25, 0.3) is 54.8 Å². The van der Waals surface area contributed by atoms with E-state index in [4.69, 9.17) is 11.6 Å². The third kappa shape index (κ3) is 2.71. The first-order valence-corrected chi connectivity index (χ1v) is 10.4. The van der Waals surface area contributed by atoms with Crippen molar-refractivity contribution in [2.24, 2.45) is 0 Å². The molecule has 1 heterocycles. The van der Waals surface area contributed by atoms with E-state index in [1.54, 1.807) is 0 Å². The highest BCUT2D eigenvalue weighted by molar-refractivity contribution is 6.30. The van der Waals surface area contributed by atoms with Crippen LogP contribution in [0.3, 0.4) is 0 Å². The van der Waals surface area contributed by atoms with Crippen LogP contribution in [0.2, 0.25) is 5.02 Å². The molecule has 0 saturated carbocycles. The minimum absolute atomic E-state index is 0.752. The van der Waals surface area contributed by atoms with Crippen LogP contribution in [-0.2, 0) is 0 Å². The van der Waals surface area contributed by atoms with Crippen molar-refractivity contribution in [3.8, 4) is 22.3 Å². The fourth-order valence-electron chi connectivity index (χ4n) is 4.47. The van der Waals surface area contributed by atoms with E-state index in [0.29, 0.717) is 0 Å². The van der Waals surface area contributed by atoms with Gasteiger partial charge in [-0.25, -0.2) is 0 Å². The lowest BCUT2D eigenvalue weighted by atomic mass is 9.92. The third-order valence-electron chi connectivity index (χ3n) is 5.86. The van der Waals surface area contributed by atoms with Gasteiger partial charge in [0.1, 0.15) is 0 Å². The first kappa shape index (κ1) is 17.3. The van der Waals surface area contributed by atoms with Crippen LogP contribution in [0.4, 0.5) is 0 Å². The van der Waals surface area contributed by atoms with Gasteiger partial charge in [0.05, 0.1) is 0 Å². The van der Waals surface area contributed by atoms with Crippen molar-refractivity contribution in [2.75, 3.05) is 0 Å². The average Bonchev–Trinajstić information content (AvgIpc) is 3.15. The Kier molecular flexibility index (Phi) is 3.90. The van der Waals surface area contributed by atoms with Crippen LogP contribution in [0.1, 0.15) is 0 Å². The van der Waals surface area contributed by atoms with Gasteiger partial charge in [-0.15, -0.1) is 0 Å². The Morgan fingerprint density at radius 3 is 2.00 bits per heavy atom. The molecule has 0 atom stereocenters. The van der Waals surface area contributed by atoms with Crippen molar-refractivity contribution in [2.45, 2.75) is 0 Å². The molecule has 0 unspecified atom stereocenters. The van der Waals surface area contributed by atoms with Gasteiger partial charge in [0.15, 0.2) is 0 Å². The van der Waals surface area contributed by atoms with Gasteiger partial charge in [0, 0.05) is 26.8 Å². The highest BCUT2D eigenvalue weighted by Gasteiger charge is 2.14. The molecule has 0 spiro atoms. The maximum absolute atomic E-state index is 6.13. The fraction of sp³-hybridized carbons (Fsp3) is 0. The van der Waals surface area contributed by atoms with E-state index in [2.05, 4.69) is 96.0 Å². The molecule has 0 radical (unpaired) electrons. The first-order valence-electron chi connectivity index (χ1n) is 10.1. The summed E-state index contributed by atoms with van der Waals surface area (Å²) in [6, 6.07) is 36.3. The fourth-order valence-corrected chi connectivity index (χ4v) is 4.59. The molecule has 0 aliphatic carbocycles. The maximum atomic E-state index is 6.13. The van der Waals surface area contributed by atoms with E-state index in [9.17, 15) is 0 Å². The van der Waals surface area contributed by atoms with Crippen molar-refractivity contribution < 1.29 is 0 Å². The summed E-state index contributed by atoms with van der Waals surface area (Å²) in [7, 11) is 0. The van der Waals surface area contributed by atoms with Gasteiger partial charge in [-0.1, -0.05) is 84.4 Å². The predicted molar refractivity (Wildman–Crippen MR) is 129 cm³/mol. The third-order valence-corrected chi connectivity index (χ3v) is 6.11. The van der Waals surface area contributed by atoms with Gasteiger partial charge in [0.25, 0.3) is 0 Å². The van der Waals surface area contributed by atoms with Gasteiger partial charge >= 0.3 is 0 Å². The molecule has 6 rings (SSSR count). The van der Waals surface area contributed by atoms with Gasteiger partial charge in [-0.05, 0) is 63.4 Å². The summed E-state index contributed by atoms with van der Waals surface area (Å²) >= 11 is 6.13. The normalized spacial score (nSPS) is 11.5. The summed E-state index contributed by atoms with van der Waals surface area (Å²) in [4.78, 5) is 3.63. The minimum atomic E-state index is 0.752. The van der Waals surface area contributed by atoms with Crippen LogP contribution < -0.4 is 0 Å². The van der Waals surface area contributed by atoms with Crippen LogP contribution >= 0.6 is 11.6 Å². The standard InChI is InChI=1S/C28H18ClN/c29-21-14-12-18(13-15-21)22-8-3-4-9-23(22)24-10-5-11-26-28(24)25-16-19-6-1-2-7-20(19)17-27(25)30-26/h1-17,30H. The van der Waals surface area contributed by atoms with Crippen LogP contribution in [0.5, 0.6) is 0 Å². The molecule has 2 heteroatoms. The molecule has 0 amide bonds. The molecule has 0 aliphatic heterocycles. The van der Waals surface area contributed by atoms with Crippen LogP contribution in [-0.4, -0.2) is 4.98 Å². The number of fused-ring (bicyclic) bond motifs is 4. The number of aromatic amines is 1. The van der Waals surface area contributed by atoms with Gasteiger partial charge in [-0.3, -0.25) is 0 Å². The van der Waals surface area contributed by atoms with E-state index in [-0.39, 0.29) is 0 Å². The first-order chi connectivity index (χ1) is 14.8. The molecule has 0 bridgehead atoms.